The molecule has 0 aliphatic carbocycles. The van der Waals surface area contributed by atoms with Gasteiger partial charge in [-0.1, -0.05) is 30.0 Å². The first kappa shape index (κ1) is 14.4. The maximum absolute atomic E-state index is 12.0. The van der Waals surface area contributed by atoms with Gasteiger partial charge in [-0.15, -0.1) is 0 Å². The molecule has 1 amide bonds. The van der Waals surface area contributed by atoms with E-state index in [4.69, 9.17) is 4.74 Å². The largest absolute Gasteiger partial charge is 0.496 e. The summed E-state index contributed by atoms with van der Waals surface area (Å²) in [7, 11) is 3.40. The van der Waals surface area contributed by atoms with Crippen LogP contribution in [-0.2, 0) is 11.3 Å². The molecule has 0 bridgehead atoms. The van der Waals surface area contributed by atoms with Gasteiger partial charge in [0.15, 0.2) is 5.16 Å². The number of thioether (sulfide) groups is 1. The van der Waals surface area contributed by atoms with Crippen LogP contribution < -0.4 is 4.74 Å². The highest BCUT2D eigenvalue weighted by Gasteiger charge is 2.12. The SMILES string of the molecule is COc1ccccc1CN(C)C(=O)CSc1ncn[nH]1. The number of amides is 1. The minimum Gasteiger partial charge on any atom is -0.496 e. The highest BCUT2D eigenvalue weighted by Crippen LogP contribution is 2.19. The minimum atomic E-state index is 0.0253. The maximum atomic E-state index is 12.0. The lowest BCUT2D eigenvalue weighted by Crippen LogP contribution is -2.28. The van der Waals surface area contributed by atoms with Gasteiger partial charge < -0.3 is 9.64 Å². The third-order valence-corrected chi connectivity index (χ3v) is 3.61. The molecular weight excluding hydrogens is 276 g/mol. The predicted octanol–water partition coefficient (Wildman–Crippen LogP) is 1.56. The van der Waals surface area contributed by atoms with Gasteiger partial charge in [0.05, 0.1) is 12.9 Å². The van der Waals surface area contributed by atoms with E-state index in [1.54, 1.807) is 19.1 Å². The van der Waals surface area contributed by atoms with E-state index in [9.17, 15) is 4.79 Å². The molecule has 0 saturated carbocycles. The van der Waals surface area contributed by atoms with Gasteiger partial charge in [-0.25, -0.2) is 4.98 Å². The van der Waals surface area contributed by atoms with Crippen LogP contribution >= 0.6 is 11.8 Å². The summed E-state index contributed by atoms with van der Waals surface area (Å²) in [5, 5.41) is 7.09. The number of aromatic amines is 1. The Hall–Kier alpha value is -2.02. The van der Waals surface area contributed by atoms with Gasteiger partial charge in [-0.2, -0.15) is 5.10 Å². The molecule has 0 fully saturated rings. The number of nitrogens with one attached hydrogen (secondary N) is 1. The number of carbonyl (C=O) groups is 1. The summed E-state index contributed by atoms with van der Waals surface area (Å²) < 4.78 is 5.28. The summed E-state index contributed by atoms with van der Waals surface area (Å²) in [4.78, 5) is 17.7. The van der Waals surface area contributed by atoms with Crippen LogP contribution in [-0.4, -0.2) is 45.9 Å². The van der Waals surface area contributed by atoms with Crippen molar-refractivity contribution in [1.29, 1.82) is 0 Å². The quantitative estimate of drug-likeness (QED) is 0.818. The van der Waals surface area contributed by atoms with Crippen molar-refractivity contribution in [2.75, 3.05) is 19.9 Å². The van der Waals surface area contributed by atoms with Crippen molar-refractivity contribution >= 4 is 17.7 Å². The number of hydrogen-bond donors (Lipinski definition) is 1. The van der Waals surface area contributed by atoms with Gasteiger partial charge in [0.2, 0.25) is 5.91 Å². The van der Waals surface area contributed by atoms with E-state index in [0.29, 0.717) is 17.5 Å². The Morgan fingerprint density at radius 3 is 2.95 bits per heavy atom. The Labute approximate surface area is 121 Å². The van der Waals surface area contributed by atoms with Crippen LogP contribution in [0.15, 0.2) is 35.7 Å². The highest BCUT2D eigenvalue weighted by atomic mass is 32.2. The Bertz CT molecular complexity index is 559. The van der Waals surface area contributed by atoms with Crippen LogP contribution in [0.3, 0.4) is 0 Å². The molecular formula is C13H16N4O2S. The van der Waals surface area contributed by atoms with Crippen LogP contribution in [0.5, 0.6) is 5.75 Å². The number of hydrogen-bond acceptors (Lipinski definition) is 5. The van der Waals surface area contributed by atoms with E-state index in [1.807, 2.05) is 24.3 Å². The second kappa shape index (κ2) is 6.95. The molecule has 20 heavy (non-hydrogen) atoms. The fourth-order valence-electron chi connectivity index (χ4n) is 1.68. The fraction of sp³-hybridized carbons (Fsp3) is 0.308. The average Bonchev–Trinajstić information content (AvgIpc) is 2.98. The third-order valence-electron chi connectivity index (χ3n) is 2.75. The number of H-pyrrole nitrogens is 1. The summed E-state index contributed by atoms with van der Waals surface area (Å²) in [5.74, 6) is 1.13. The number of aromatic nitrogens is 3. The maximum Gasteiger partial charge on any atom is 0.233 e. The van der Waals surface area contributed by atoms with E-state index in [0.717, 1.165) is 11.3 Å². The number of benzene rings is 1. The molecule has 6 nitrogen and oxygen atoms in total. The van der Waals surface area contributed by atoms with E-state index in [-0.39, 0.29) is 5.91 Å². The van der Waals surface area contributed by atoms with Crippen molar-refractivity contribution in [2.24, 2.45) is 0 Å². The summed E-state index contributed by atoms with van der Waals surface area (Å²) in [6.45, 7) is 0.514. The van der Waals surface area contributed by atoms with Gasteiger partial charge >= 0.3 is 0 Å². The molecule has 0 radical (unpaired) electrons. The summed E-state index contributed by atoms with van der Waals surface area (Å²) in [5.41, 5.74) is 0.982. The van der Waals surface area contributed by atoms with Gasteiger partial charge in [-0.05, 0) is 6.07 Å². The molecule has 0 aliphatic rings. The number of methoxy groups -OCH3 is 1. The lowest BCUT2D eigenvalue weighted by molar-refractivity contribution is -0.127. The first-order valence-electron chi connectivity index (χ1n) is 6.04. The fourth-order valence-corrected chi connectivity index (χ4v) is 2.40. The number of ether oxygens (including phenoxy) is 1. The zero-order chi connectivity index (χ0) is 14.4. The molecule has 0 atom stereocenters. The van der Waals surface area contributed by atoms with Gasteiger partial charge in [0, 0.05) is 19.2 Å². The zero-order valence-electron chi connectivity index (χ0n) is 11.4. The first-order chi connectivity index (χ1) is 9.70. The molecule has 1 aromatic carbocycles. The monoisotopic (exact) mass is 292 g/mol. The lowest BCUT2D eigenvalue weighted by atomic mass is 10.2. The zero-order valence-corrected chi connectivity index (χ0v) is 12.2. The number of para-hydroxylation sites is 1. The molecule has 0 unspecified atom stereocenters. The van der Waals surface area contributed by atoms with Crippen molar-refractivity contribution in [1.82, 2.24) is 20.1 Å². The molecule has 0 spiro atoms. The molecule has 0 aliphatic heterocycles. The summed E-state index contributed by atoms with van der Waals surface area (Å²) in [6.07, 6.45) is 1.42. The second-order valence-corrected chi connectivity index (χ2v) is 5.10. The van der Waals surface area contributed by atoms with Crippen molar-refractivity contribution in [3.05, 3.63) is 36.2 Å². The Balaban J connectivity index is 1.90. The Kier molecular flexibility index (Phi) is 5.00. The Morgan fingerprint density at radius 1 is 1.45 bits per heavy atom. The normalized spacial score (nSPS) is 10.3. The van der Waals surface area contributed by atoms with Gasteiger partial charge in [0.25, 0.3) is 0 Å². The van der Waals surface area contributed by atoms with Crippen LogP contribution in [0.4, 0.5) is 0 Å². The summed E-state index contributed by atoms with van der Waals surface area (Å²) >= 11 is 1.33. The van der Waals surface area contributed by atoms with Crippen LogP contribution in [0.1, 0.15) is 5.56 Å². The van der Waals surface area contributed by atoms with Crippen LogP contribution in [0, 0.1) is 0 Å². The number of nitrogens with zero attached hydrogens (tertiary/aromatic N) is 3. The van der Waals surface area contributed by atoms with E-state index in [1.165, 1.54) is 18.1 Å². The smallest absolute Gasteiger partial charge is 0.233 e. The van der Waals surface area contributed by atoms with Crippen molar-refractivity contribution in [3.8, 4) is 5.75 Å². The number of rotatable bonds is 6. The number of carbonyl (C=O) groups excluding carboxylic acids is 1. The molecule has 1 N–H and O–H groups in total. The first-order valence-corrected chi connectivity index (χ1v) is 7.03. The second-order valence-electron chi connectivity index (χ2n) is 4.14. The van der Waals surface area contributed by atoms with E-state index < -0.39 is 0 Å². The van der Waals surface area contributed by atoms with Crippen molar-refractivity contribution < 1.29 is 9.53 Å². The predicted molar refractivity (Wildman–Crippen MR) is 76.6 cm³/mol. The van der Waals surface area contributed by atoms with Crippen molar-refractivity contribution in [2.45, 2.75) is 11.7 Å². The molecule has 1 heterocycles. The van der Waals surface area contributed by atoms with E-state index in [2.05, 4.69) is 15.2 Å². The third kappa shape index (κ3) is 3.74. The van der Waals surface area contributed by atoms with E-state index >= 15 is 0 Å². The molecule has 0 saturated heterocycles. The summed E-state index contributed by atoms with van der Waals surface area (Å²) in [6, 6.07) is 7.67. The molecule has 2 aromatic rings. The highest BCUT2D eigenvalue weighted by molar-refractivity contribution is 7.99. The Morgan fingerprint density at radius 2 is 2.25 bits per heavy atom. The average molecular weight is 292 g/mol. The van der Waals surface area contributed by atoms with Crippen LogP contribution in [0.25, 0.3) is 0 Å². The van der Waals surface area contributed by atoms with Crippen molar-refractivity contribution in [3.63, 3.8) is 0 Å². The standard InChI is InChI=1S/C13H16N4O2S/c1-17(7-10-5-3-4-6-11(10)19-2)12(18)8-20-13-14-9-15-16-13/h3-6,9H,7-8H2,1-2H3,(H,14,15,16). The minimum absolute atomic E-state index is 0.0253. The van der Waals surface area contributed by atoms with Gasteiger partial charge in [-0.3, -0.25) is 9.89 Å². The molecule has 1 aromatic heterocycles. The molecule has 106 valence electrons. The topological polar surface area (TPSA) is 71.1 Å². The van der Waals surface area contributed by atoms with Gasteiger partial charge in [0.1, 0.15) is 12.1 Å². The molecule has 2 rings (SSSR count). The lowest BCUT2D eigenvalue weighted by Gasteiger charge is -2.18. The molecule has 7 heteroatoms. The van der Waals surface area contributed by atoms with Crippen LogP contribution in [0.2, 0.25) is 0 Å².